The summed E-state index contributed by atoms with van der Waals surface area (Å²) < 4.78 is 0. The highest BCUT2D eigenvalue weighted by Crippen LogP contribution is 2.62. The van der Waals surface area contributed by atoms with E-state index in [1.807, 2.05) is 31.2 Å². The van der Waals surface area contributed by atoms with Crippen LogP contribution in [0.1, 0.15) is 63.0 Å². The summed E-state index contributed by atoms with van der Waals surface area (Å²) >= 11 is 0. The minimum absolute atomic E-state index is 0.144. The Labute approximate surface area is 178 Å². The minimum atomic E-state index is -0.864. The third kappa shape index (κ3) is 3.34. The van der Waals surface area contributed by atoms with Crippen molar-refractivity contribution in [2.24, 2.45) is 17.8 Å². The highest BCUT2D eigenvalue weighted by molar-refractivity contribution is 5.92. The van der Waals surface area contributed by atoms with Gasteiger partial charge in [-0.2, -0.15) is 0 Å². The first-order valence-corrected chi connectivity index (χ1v) is 11.3. The first-order valence-electron chi connectivity index (χ1n) is 11.3. The zero-order valence-corrected chi connectivity index (χ0v) is 17.6. The van der Waals surface area contributed by atoms with Gasteiger partial charge in [0.05, 0.1) is 0 Å². The van der Waals surface area contributed by atoms with Gasteiger partial charge in [-0.3, -0.25) is 0 Å². The highest BCUT2D eigenvalue weighted by Gasteiger charge is 2.52. The van der Waals surface area contributed by atoms with E-state index < -0.39 is 5.97 Å². The molecule has 4 saturated carbocycles. The van der Waals surface area contributed by atoms with Crippen molar-refractivity contribution in [1.29, 1.82) is 0 Å². The second kappa shape index (κ2) is 7.30. The van der Waals surface area contributed by atoms with E-state index in [2.05, 4.69) is 18.2 Å². The average molecular weight is 403 g/mol. The molecular weight excluding hydrogens is 372 g/mol. The second-order valence-corrected chi connectivity index (χ2v) is 9.88. The number of carbonyl (C=O) groups is 1. The first-order chi connectivity index (χ1) is 14.5. The summed E-state index contributed by atoms with van der Waals surface area (Å²) in [4.78, 5) is 11.4. The number of aliphatic carboxylic acids is 1. The summed E-state index contributed by atoms with van der Waals surface area (Å²) in [5.41, 5.74) is 4.76. The number of benzene rings is 2. The molecule has 4 bridgehead atoms. The summed E-state index contributed by atoms with van der Waals surface area (Å²) in [6.07, 6.45) is 10.1. The van der Waals surface area contributed by atoms with E-state index in [9.17, 15) is 15.0 Å². The third-order valence-electron chi connectivity index (χ3n) is 7.82. The molecule has 6 rings (SSSR count). The summed E-state index contributed by atoms with van der Waals surface area (Å²) in [5.74, 6) is 2.07. The smallest absolute Gasteiger partial charge is 0.331 e. The number of hydrogen-bond donors (Lipinski definition) is 2. The number of carboxylic acid groups (broad SMARTS) is 1. The number of hydrogen-bond acceptors (Lipinski definition) is 2. The van der Waals surface area contributed by atoms with Crippen molar-refractivity contribution in [2.75, 3.05) is 0 Å². The van der Waals surface area contributed by atoms with Gasteiger partial charge in [0.15, 0.2) is 0 Å². The van der Waals surface area contributed by atoms with E-state index in [4.69, 9.17) is 0 Å². The van der Waals surface area contributed by atoms with Crippen LogP contribution in [0.3, 0.4) is 0 Å². The van der Waals surface area contributed by atoms with Crippen molar-refractivity contribution < 1.29 is 15.0 Å². The monoisotopic (exact) mass is 402 g/mol. The Morgan fingerprint density at radius 2 is 1.63 bits per heavy atom. The fraction of sp³-hybridized carbons (Fsp3) is 0.444. The van der Waals surface area contributed by atoms with E-state index in [1.165, 1.54) is 38.5 Å². The summed E-state index contributed by atoms with van der Waals surface area (Å²) in [5, 5.41) is 20.2. The molecule has 0 atom stereocenters. The van der Waals surface area contributed by atoms with Gasteiger partial charge in [-0.05, 0) is 109 Å². The zero-order chi connectivity index (χ0) is 20.9. The molecule has 4 aliphatic rings. The molecule has 0 unspecified atom stereocenters. The maximum absolute atomic E-state index is 11.4. The van der Waals surface area contributed by atoms with Crippen LogP contribution in [0.2, 0.25) is 0 Å². The largest absolute Gasteiger partial charge is 0.508 e. The van der Waals surface area contributed by atoms with Crippen molar-refractivity contribution in [3.8, 4) is 16.9 Å². The Kier molecular flexibility index (Phi) is 4.72. The molecule has 2 aromatic carbocycles. The van der Waals surface area contributed by atoms with Crippen LogP contribution in [0.25, 0.3) is 17.2 Å². The quantitative estimate of drug-likeness (QED) is 0.569. The lowest BCUT2D eigenvalue weighted by atomic mass is 9.48. The molecule has 156 valence electrons. The van der Waals surface area contributed by atoms with Crippen molar-refractivity contribution in [3.05, 3.63) is 59.2 Å². The molecule has 0 aromatic heterocycles. The average Bonchev–Trinajstić information content (AvgIpc) is 2.71. The predicted octanol–water partition coefficient (Wildman–Crippen LogP) is 6.41. The van der Waals surface area contributed by atoms with Gasteiger partial charge in [0.25, 0.3) is 0 Å². The Hall–Kier alpha value is -2.55. The molecule has 0 radical (unpaired) electrons. The molecule has 0 amide bonds. The van der Waals surface area contributed by atoms with Gasteiger partial charge in [-0.1, -0.05) is 31.2 Å². The lowest BCUT2D eigenvalue weighted by Crippen LogP contribution is -2.48. The van der Waals surface area contributed by atoms with E-state index in [0.717, 1.165) is 40.0 Å². The van der Waals surface area contributed by atoms with Gasteiger partial charge < -0.3 is 10.2 Å². The number of carboxylic acids is 1. The molecule has 0 spiro atoms. The highest BCUT2D eigenvalue weighted by atomic mass is 16.4. The van der Waals surface area contributed by atoms with Crippen LogP contribution in [0, 0.1) is 17.8 Å². The summed E-state index contributed by atoms with van der Waals surface area (Å²) in [6.45, 7) is 1.86. The van der Waals surface area contributed by atoms with Crippen LogP contribution in [0.15, 0.2) is 48.0 Å². The van der Waals surface area contributed by atoms with Crippen molar-refractivity contribution in [2.45, 2.75) is 57.3 Å². The van der Waals surface area contributed by atoms with Crippen LogP contribution in [0.4, 0.5) is 0 Å². The van der Waals surface area contributed by atoms with Gasteiger partial charge in [0.1, 0.15) is 5.75 Å². The molecular formula is C27H30O3. The van der Waals surface area contributed by atoms with Gasteiger partial charge in [0.2, 0.25) is 0 Å². The van der Waals surface area contributed by atoms with Crippen LogP contribution >= 0.6 is 0 Å². The van der Waals surface area contributed by atoms with Crippen molar-refractivity contribution >= 4 is 12.0 Å². The molecule has 3 nitrogen and oxygen atoms in total. The molecule has 2 N–H and O–H groups in total. The number of aromatic hydroxyl groups is 1. The van der Waals surface area contributed by atoms with Crippen LogP contribution in [-0.2, 0) is 10.2 Å². The van der Waals surface area contributed by atoms with Crippen molar-refractivity contribution in [1.82, 2.24) is 0 Å². The second-order valence-electron chi connectivity index (χ2n) is 9.88. The van der Waals surface area contributed by atoms with E-state index in [-0.39, 0.29) is 5.41 Å². The Bertz CT molecular complexity index is 981. The number of phenolic OH excluding ortho intramolecular Hbond substituents is 1. The van der Waals surface area contributed by atoms with Gasteiger partial charge in [-0.15, -0.1) is 0 Å². The summed E-state index contributed by atoms with van der Waals surface area (Å²) in [6, 6.07) is 14.1. The number of phenols is 1. The minimum Gasteiger partial charge on any atom is -0.508 e. The normalized spacial score (nSPS) is 29.9. The fourth-order valence-electron chi connectivity index (χ4n) is 6.91. The summed E-state index contributed by atoms with van der Waals surface area (Å²) in [7, 11) is 0. The van der Waals surface area contributed by atoms with E-state index in [1.54, 1.807) is 6.08 Å². The molecule has 0 aliphatic heterocycles. The van der Waals surface area contributed by atoms with E-state index >= 15 is 0 Å². The lowest BCUT2D eigenvalue weighted by Gasteiger charge is -2.57. The standard InChI is InChI=1S/C27H30O3/c1-2-21(26(29)30)11-17-4-3-5-22(12-17)23-6-7-25(28)24(13-23)27-14-18-8-19(15-27)10-20(9-18)16-27/h3-7,11-13,18-20,28H,2,8-10,14-16H2,1H3,(H,29,30). The van der Waals surface area contributed by atoms with E-state index in [0.29, 0.717) is 17.7 Å². The first kappa shape index (κ1) is 19.4. The van der Waals surface area contributed by atoms with Gasteiger partial charge in [-0.25, -0.2) is 4.79 Å². The molecule has 2 aromatic rings. The topological polar surface area (TPSA) is 57.5 Å². The predicted molar refractivity (Wildman–Crippen MR) is 119 cm³/mol. The number of rotatable bonds is 5. The fourth-order valence-corrected chi connectivity index (χ4v) is 6.91. The SMILES string of the molecule is CCC(=Cc1cccc(-c2ccc(O)c(C34CC5CC(CC(C5)C3)C4)c2)c1)C(=O)O. The molecule has 4 fully saturated rings. The molecule has 0 heterocycles. The lowest BCUT2D eigenvalue weighted by molar-refractivity contribution is -0.132. The molecule has 0 saturated heterocycles. The van der Waals surface area contributed by atoms with Crippen LogP contribution in [0.5, 0.6) is 5.75 Å². The Balaban J connectivity index is 1.52. The van der Waals surface area contributed by atoms with Crippen LogP contribution < -0.4 is 0 Å². The van der Waals surface area contributed by atoms with Gasteiger partial charge >= 0.3 is 5.97 Å². The zero-order valence-electron chi connectivity index (χ0n) is 17.6. The molecule has 4 aliphatic carbocycles. The van der Waals surface area contributed by atoms with Gasteiger partial charge in [0, 0.05) is 11.1 Å². The molecule has 3 heteroatoms. The van der Waals surface area contributed by atoms with Crippen molar-refractivity contribution in [3.63, 3.8) is 0 Å². The Morgan fingerprint density at radius 3 is 2.23 bits per heavy atom. The maximum atomic E-state index is 11.4. The molecule has 30 heavy (non-hydrogen) atoms. The Morgan fingerprint density at radius 1 is 1.00 bits per heavy atom. The third-order valence-corrected chi connectivity index (χ3v) is 7.82. The van der Waals surface area contributed by atoms with Crippen LogP contribution in [-0.4, -0.2) is 16.2 Å². The maximum Gasteiger partial charge on any atom is 0.331 e.